The molecular weight excluding hydrogens is 320 g/mol. The van der Waals surface area contributed by atoms with Crippen LogP contribution in [-0.2, 0) is 20.3 Å². The van der Waals surface area contributed by atoms with Gasteiger partial charge in [0.15, 0.2) is 15.0 Å². The van der Waals surface area contributed by atoms with Crippen molar-refractivity contribution in [1.29, 1.82) is 0 Å². The van der Waals surface area contributed by atoms with Crippen LogP contribution in [0.4, 0.5) is 5.13 Å². The second-order valence-electron chi connectivity index (χ2n) is 5.23. The zero-order valence-corrected chi connectivity index (χ0v) is 13.7. The van der Waals surface area contributed by atoms with Crippen molar-refractivity contribution in [2.75, 3.05) is 18.5 Å². The zero-order chi connectivity index (χ0) is 15.4. The number of hydrogen-bond donors (Lipinski definition) is 1. The van der Waals surface area contributed by atoms with E-state index >= 15 is 0 Å². The van der Waals surface area contributed by atoms with E-state index in [9.17, 15) is 8.42 Å². The van der Waals surface area contributed by atoms with Crippen LogP contribution in [0.3, 0.4) is 0 Å². The first-order valence-corrected chi connectivity index (χ1v) is 9.74. The lowest BCUT2D eigenvalue weighted by molar-refractivity contribution is 0.120. The molecule has 0 spiro atoms. The van der Waals surface area contributed by atoms with Crippen LogP contribution in [0.25, 0.3) is 0 Å². The average molecular weight is 338 g/mol. The number of nitrogens with zero attached hydrogens (tertiary/aromatic N) is 1. The Balaban J connectivity index is 1.61. The third kappa shape index (κ3) is 3.85. The number of hydrogen-bond acceptors (Lipinski definition) is 6. The molecule has 0 bridgehead atoms. The quantitative estimate of drug-likeness (QED) is 0.877. The first kappa shape index (κ1) is 15.5. The molecule has 5 nitrogen and oxygen atoms in total. The summed E-state index contributed by atoms with van der Waals surface area (Å²) in [6.07, 6.45) is 2.40. The van der Waals surface area contributed by atoms with Crippen LogP contribution < -0.4 is 5.32 Å². The summed E-state index contributed by atoms with van der Waals surface area (Å²) in [5.74, 6) is -0.0743. The first-order chi connectivity index (χ1) is 10.6. The van der Waals surface area contributed by atoms with Gasteiger partial charge in [0, 0.05) is 18.5 Å². The minimum Gasteiger partial charge on any atom is -0.376 e. The highest BCUT2D eigenvalue weighted by Gasteiger charge is 2.18. The number of rotatable bonds is 6. The molecule has 0 aliphatic carbocycles. The number of aromatic nitrogens is 1. The lowest BCUT2D eigenvalue weighted by atomic mass is 10.2. The van der Waals surface area contributed by atoms with Gasteiger partial charge in [0.2, 0.25) is 0 Å². The molecule has 1 aliphatic rings. The van der Waals surface area contributed by atoms with Gasteiger partial charge in [-0.3, -0.25) is 0 Å². The number of sulfone groups is 1. The fraction of sp³-hybridized carbons (Fsp3) is 0.400. The summed E-state index contributed by atoms with van der Waals surface area (Å²) in [5.41, 5.74) is 0.573. The van der Waals surface area contributed by atoms with Gasteiger partial charge in [-0.05, 0) is 25.0 Å². The molecule has 1 N–H and O–H groups in total. The van der Waals surface area contributed by atoms with E-state index in [4.69, 9.17) is 4.74 Å². The van der Waals surface area contributed by atoms with Crippen molar-refractivity contribution in [1.82, 2.24) is 4.98 Å². The maximum Gasteiger partial charge on any atom is 0.184 e. The highest BCUT2D eigenvalue weighted by Crippen LogP contribution is 2.21. The molecule has 0 amide bonds. The maximum atomic E-state index is 12.3. The summed E-state index contributed by atoms with van der Waals surface area (Å²) in [6, 6.07) is 8.47. The molecule has 1 fully saturated rings. The van der Waals surface area contributed by atoms with Gasteiger partial charge in [0.25, 0.3) is 0 Å². The van der Waals surface area contributed by atoms with E-state index in [1.807, 2.05) is 0 Å². The standard InChI is InChI=1S/C15H18N2O3S2/c18-22(19,14-6-2-1-3-7-14)11-12-10-21-15(17-12)16-9-13-5-4-8-20-13/h1-3,6-7,10,13H,4-5,8-9,11H2,(H,16,17). The Morgan fingerprint density at radius 1 is 1.32 bits per heavy atom. The summed E-state index contributed by atoms with van der Waals surface area (Å²) < 4.78 is 30.1. The van der Waals surface area contributed by atoms with E-state index in [1.54, 1.807) is 35.7 Å². The molecule has 2 aromatic rings. The van der Waals surface area contributed by atoms with Crippen molar-refractivity contribution < 1.29 is 13.2 Å². The Kier molecular flexibility index (Phi) is 4.75. The molecule has 1 aliphatic heterocycles. The summed E-state index contributed by atoms with van der Waals surface area (Å²) in [5, 5.41) is 5.75. The van der Waals surface area contributed by atoms with Crippen LogP contribution in [0.15, 0.2) is 40.6 Å². The number of thiazole rings is 1. The summed E-state index contributed by atoms with van der Waals surface area (Å²) in [7, 11) is -3.34. The molecule has 1 atom stereocenters. The van der Waals surface area contributed by atoms with Gasteiger partial charge in [-0.2, -0.15) is 0 Å². The number of ether oxygens (including phenoxy) is 1. The van der Waals surface area contributed by atoms with Crippen molar-refractivity contribution >= 4 is 26.3 Å². The van der Waals surface area contributed by atoms with Crippen molar-refractivity contribution in [2.45, 2.75) is 29.6 Å². The highest BCUT2D eigenvalue weighted by atomic mass is 32.2. The molecular formula is C15H18N2O3S2. The minimum atomic E-state index is -3.34. The predicted octanol–water partition coefficient (Wildman–Crippen LogP) is 2.71. The SMILES string of the molecule is O=S(=O)(Cc1csc(NCC2CCCO2)n1)c1ccccc1. The molecule has 118 valence electrons. The van der Waals surface area contributed by atoms with Gasteiger partial charge in [-0.1, -0.05) is 18.2 Å². The van der Waals surface area contributed by atoms with Gasteiger partial charge in [-0.15, -0.1) is 11.3 Å². The Morgan fingerprint density at radius 2 is 2.14 bits per heavy atom. The fourth-order valence-electron chi connectivity index (χ4n) is 2.37. The Hall–Kier alpha value is -1.44. The number of anilines is 1. The summed E-state index contributed by atoms with van der Waals surface area (Å²) in [4.78, 5) is 4.69. The van der Waals surface area contributed by atoms with Gasteiger partial charge in [-0.25, -0.2) is 13.4 Å². The second kappa shape index (κ2) is 6.76. The second-order valence-corrected chi connectivity index (χ2v) is 8.08. The highest BCUT2D eigenvalue weighted by molar-refractivity contribution is 7.90. The lowest BCUT2D eigenvalue weighted by Gasteiger charge is -2.09. The van der Waals surface area contributed by atoms with Crippen molar-refractivity contribution in [3.05, 3.63) is 41.4 Å². The van der Waals surface area contributed by atoms with Crippen LogP contribution in [0.1, 0.15) is 18.5 Å². The van der Waals surface area contributed by atoms with Crippen molar-refractivity contribution in [3.63, 3.8) is 0 Å². The molecule has 1 unspecified atom stereocenters. The van der Waals surface area contributed by atoms with Gasteiger partial charge in [0.1, 0.15) is 0 Å². The Morgan fingerprint density at radius 3 is 2.86 bits per heavy atom. The van der Waals surface area contributed by atoms with E-state index in [1.165, 1.54) is 11.3 Å². The molecule has 1 aromatic heterocycles. The largest absolute Gasteiger partial charge is 0.376 e. The lowest BCUT2D eigenvalue weighted by Crippen LogP contribution is -2.18. The molecule has 3 rings (SSSR count). The fourth-order valence-corrected chi connectivity index (χ4v) is 4.47. The topological polar surface area (TPSA) is 68.3 Å². The third-order valence-corrected chi connectivity index (χ3v) is 6.01. The van der Waals surface area contributed by atoms with E-state index in [0.717, 1.165) is 31.1 Å². The van der Waals surface area contributed by atoms with Gasteiger partial charge < -0.3 is 10.1 Å². The van der Waals surface area contributed by atoms with Crippen LogP contribution in [0, 0.1) is 0 Å². The normalized spacial score (nSPS) is 18.5. The molecule has 0 radical (unpaired) electrons. The molecule has 1 saturated heterocycles. The van der Waals surface area contributed by atoms with Crippen molar-refractivity contribution in [2.24, 2.45) is 0 Å². The van der Waals surface area contributed by atoms with Crippen molar-refractivity contribution in [3.8, 4) is 0 Å². The van der Waals surface area contributed by atoms with Crippen LogP contribution in [-0.4, -0.2) is 32.7 Å². The average Bonchev–Trinajstić information content (AvgIpc) is 3.17. The Labute approximate surface area is 134 Å². The van der Waals surface area contributed by atoms with Crippen LogP contribution in [0.2, 0.25) is 0 Å². The minimum absolute atomic E-state index is 0.0743. The van der Waals surface area contributed by atoms with E-state index in [2.05, 4.69) is 10.3 Å². The summed E-state index contributed by atoms with van der Waals surface area (Å²) >= 11 is 1.43. The van der Waals surface area contributed by atoms with E-state index < -0.39 is 9.84 Å². The van der Waals surface area contributed by atoms with Crippen LogP contribution >= 0.6 is 11.3 Å². The molecule has 2 heterocycles. The van der Waals surface area contributed by atoms with E-state index in [-0.39, 0.29) is 11.9 Å². The number of benzene rings is 1. The predicted molar refractivity (Wildman–Crippen MR) is 86.9 cm³/mol. The van der Waals surface area contributed by atoms with Gasteiger partial charge in [0.05, 0.1) is 22.4 Å². The monoisotopic (exact) mass is 338 g/mol. The smallest absolute Gasteiger partial charge is 0.184 e. The molecule has 1 aromatic carbocycles. The van der Waals surface area contributed by atoms with Gasteiger partial charge >= 0.3 is 0 Å². The summed E-state index contributed by atoms with van der Waals surface area (Å²) in [6.45, 7) is 1.54. The molecule has 0 saturated carbocycles. The first-order valence-electron chi connectivity index (χ1n) is 7.21. The third-order valence-electron chi connectivity index (χ3n) is 3.50. The zero-order valence-electron chi connectivity index (χ0n) is 12.1. The molecule has 22 heavy (non-hydrogen) atoms. The number of nitrogens with one attached hydrogen (secondary N) is 1. The van der Waals surface area contributed by atoms with Crippen LogP contribution in [0.5, 0.6) is 0 Å². The maximum absolute atomic E-state index is 12.3. The van der Waals surface area contributed by atoms with E-state index in [0.29, 0.717) is 10.6 Å². The molecule has 7 heteroatoms. The Bertz CT molecular complexity index is 707.